The quantitative estimate of drug-likeness (QED) is 0.521. The van der Waals surface area contributed by atoms with Crippen LogP contribution in [-0.4, -0.2) is 34.6 Å². The zero-order chi connectivity index (χ0) is 26.2. The van der Waals surface area contributed by atoms with Crippen molar-refractivity contribution in [2.45, 2.75) is 39.9 Å². The van der Waals surface area contributed by atoms with Gasteiger partial charge in [0.2, 0.25) is 0 Å². The van der Waals surface area contributed by atoms with Gasteiger partial charge in [-0.25, -0.2) is 9.38 Å². The third kappa shape index (κ3) is 7.01. The van der Waals surface area contributed by atoms with Crippen molar-refractivity contribution < 1.29 is 14.0 Å². The smallest absolute Gasteiger partial charge is 0.259 e. The zero-order valence-corrected chi connectivity index (χ0v) is 21.2. The Bertz CT molecular complexity index is 1210. The van der Waals surface area contributed by atoms with Gasteiger partial charge in [0.05, 0.1) is 6.54 Å². The molecule has 2 N–H and O–H groups in total. The Hall–Kier alpha value is -4.00. The molecule has 6 nitrogen and oxygen atoms in total. The van der Waals surface area contributed by atoms with E-state index in [0.717, 1.165) is 22.6 Å². The topological polar surface area (TPSA) is 79.0 Å². The van der Waals surface area contributed by atoms with E-state index in [2.05, 4.69) is 25.8 Å². The SMILES string of the molecule is CC(C)C.CN(Cc1ccc(F)cc1)C(=O)c1cccc(CN2C(=O)C(c3ccccc3)N=C2N)c1. The molecule has 0 fully saturated rings. The van der Waals surface area contributed by atoms with Crippen LogP contribution in [0.25, 0.3) is 0 Å². The second-order valence-electron chi connectivity index (χ2n) is 9.45. The molecule has 0 saturated heterocycles. The molecule has 36 heavy (non-hydrogen) atoms. The molecular formula is C29H33FN4O2. The van der Waals surface area contributed by atoms with Crippen molar-refractivity contribution in [1.82, 2.24) is 9.80 Å². The van der Waals surface area contributed by atoms with Crippen molar-refractivity contribution in [2.24, 2.45) is 16.6 Å². The molecule has 1 heterocycles. The number of carbonyl (C=O) groups excluding carboxylic acids is 2. The van der Waals surface area contributed by atoms with Gasteiger partial charge in [-0.15, -0.1) is 0 Å². The van der Waals surface area contributed by atoms with Crippen molar-refractivity contribution in [3.8, 4) is 0 Å². The molecule has 1 unspecified atom stereocenters. The van der Waals surface area contributed by atoms with Gasteiger partial charge in [0.25, 0.3) is 11.8 Å². The number of rotatable bonds is 6. The number of nitrogens with two attached hydrogens (primary N) is 1. The minimum Gasteiger partial charge on any atom is -0.369 e. The summed E-state index contributed by atoms with van der Waals surface area (Å²) in [6, 6.07) is 21.8. The number of benzene rings is 3. The molecule has 1 aliphatic rings. The maximum atomic E-state index is 13.1. The summed E-state index contributed by atoms with van der Waals surface area (Å²) in [4.78, 5) is 33.1. The monoisotopic (exact) mass is 488 g/mol. The third-order valence-corrected chi connectivity index (χ3v) is 5.35. The van der Waals surface area contributed by atoms with Crippen LogP contribution in [0.5, 0.6) is 0 Å². The van der Waals surface area contributed by atoms with Crippen LogP contribution in [0.3, 0.4) is 0 Å². The lowest BCUT2D eigenvalue weighted by Crippen LogP contribution is -2.37. The second-order valence-corrected chi connectivity index (χ2v) is 9.45. The largest absolute Gasteiger partial charge is 0.369 e. The number of halogens is 1. The average molecular weight is 489 g/mol. The van der Waals surface area contributed by atoms with E-state index in [0.29, 0.717) is 12.1 Å². The van der Waals surface area contributed by atoms with E-state index in [-0.39, 0.29) is 30.1 Å². The third-order valence-electron chi connectivity index (χ3n) is 5.35. The highest BCUT2D eigenvalue weighted by atomic mass is 19.1. The lowest BCUT2D eigenvalue weighted by molar-refractivity contribution is -0.127. The minimum absolute atomic E-state index is 0.161. The number of amides is 2. The average Bonchev–Trinajstić information content (AvgIpc) is 3.13. The van der Waals surface area contributed by atoms with Crippen LogP contribution in [-0.2, 0) is 17.9 Å². The molecule has 7 heteroatoms. The van der Waals surface area contributed by atoms with Crippen LogP contribution >= 0.6 is 0 Å². The molecule has 0 aromatic heterocycles. The number of hydrogen-bond acceptors (Lipinski definition) is 4. The van der Waals surface area contributed by atoms with Crippen molar-refractivity contribution in [2.75, 3.05) is 7.05 Å². The van der Waals surface area contributed by atoms with Gasteiger partial charge in [-0.2, -0.15) is 0 Å². The van der Waals surface area contributed by atoms with E-state index in [1.807, 2.05) is 36.4 Å². The van der Waals surface area contributed by atoms with Crippen molar-refractivity contribution >= 4 is 17.8 Å². The molecule has 3 aromatic carbocycles. The number of guanidine groups is 1. The molecule has 0 saturated carbocycles. The van der Waals surface area contributed by atoms with Crippen LogP contribution < -0.4 is 5.73 Å². The van der Waals surface area contributed by atoms with Gasteiger partial charge in [-0.1, -0.05) is 75.4 Å². The van der Waals surface area contributed by atoms with Gasteiger partial charge < -0.3 is 10.6 Å². The summed E-state index contributed by atoms with van der Waals surface area (Å²) in [7, 11) is 1.69. The van der Waals surface area contributed by atoms with Crippen LogP contribution in [0.1, 0.15) is 53.9 Å². The van der Waals surface area contributed by atoms with E-state index in [4.69, 9.17) is 5.73 Å². The molecular weight excluding hydrogens is 455 g/mol. The summed E-state index contributed by atoms with van der Waals surface area (Å²) in [5.41, 5.74) is 8.92. The first-order valence-corrected chi connectivity index (χ1v) is 11.9. The fourth-order valence-corrected chi connectivity index (χ4v) is 3.67. The molecule has 4 rings (SSSR count). The van der Waals surface area contributed by atoms with Gasteiger partial charge >= 0.3 is 0 Å². The Morgan fingerprint density at radius 2 is 1.64 bits per heavy atom. The predicted molar refractivity (Wildman–Crippen MR) is 141 cm³/mol. The lowest BCUT2D eigenvalue weighted by Gasteiger charge is -2.19. The minimum atomic E-state index is -0.650. The van der Waals surface area contributed by atoms with Gasteiger partial charge in [-0.3, -0.25) is 14.5 Å². The Morgan fingerprint density at radius 1 is 1.00 bits per heavy atom. The van der Waals surface area contributed by atoms with E-state index < -0.39 is 6.04 Å². The number of aliphatic imine (C=N–C) groups is 1. The number of hydrogen-bond donors (Lipinski definition) is 1. The molecule has 0 bridgehead atoms. The fraction of sp³-hybridized carbons (Fsp3) is 0.276. The summed E-state index contributed by atoms with van der Waals surface area (Å²) >= 11 is 0. The fourth-order valence-electron chi connectivity index (χ4n) is 3.67. The molecule has 1 aliphatic heterocycles. The summed E-state index contributed by atoms with van der Waals surface area (Å²) < 4.78 is 13.1. The van der Waals surface area contributed by atoms with Crippen LogP contribution in [0.4, 0.5) is 4.39 Å². The van der Waals surface area contributed by atoms with E-state index in [9.17, 15) is 14.0 Å². The van der Waals surface area contributed by atoms with Crippen LogP contribution in [0.2, 0.25) is 0 Å². The highest BCUT2D eigenvalue weighted by Crippen LogP contribution is 2.26. The van der Waals surface area contributed by atoms with Gasteiger partial charge in [0.15, 0.2) is 12.0 Å². The van der Waals surface area contributed by atoms with E-state index >= 15 is 0 Å². The summed E-state index contributed by atoms with van der Waals surface area (Å²) in [5, 5.41) is 0. The molecule has 3 aromatic rings. The second kappa shape index (κ2) is 12.1. The van der Waals surface area contributed by atoms with Crippen LogP contribution in [0, 0.1) is 11.7 Å². The van der Waals surface area contributed by atoms with E-state index in [1.54, 1.807) is 42.3 Å². The van der Waals surface area contributed by atoms with E-state index in [1.165, 1.54) is 17.0 Å². The normalized spacial score (nSPS) is 14.8. The number of nitrogens with zero attached hydrogens (tertiary/aromatic N) is 3. The molecule has 0 aliphatic carbocycles. The van der Waals surface area contributed by atoms with Gasteiger partial charge in [0, 0.05) is 19.2 Å². The Morgan fingerprint density at radius 3 is 2.28 bits per heavy atom. The highest BCUT2D eigenvalue weighted by Gasteiger charge is 2.34. The first-order valence-electron chi connectivity index (χ1n) is 11.9. The predicted octanol–water partition coefficient (Wildman–Crippen LogP) is 5.16. The summed E-state index contributed by atoms with van der Waals surface area (Å²) in [5.74, 6) is 0.310. The molecule has 0 radical (unpaired) electrons. The van der Waals surface area contributed by atoms with Gasteiger partial charge in [0.1, 0.15) is 5.82 Å². The summed E-state index contributed by atoms with van der Waals surface area (Å²) in [6.45, 7) is 7.08. The van der Waals surface area contributed by atoms with Crippen LogP contribution in [0.15, 0.2) is 83.9 Å². The zero-order valence-electron chi connectivity index (χ0n) is 21.2. The Kier molecular flexibility index (Phi) is 8.95. The van der Waals surface area contributed by atoms with Gasteiger partial charge in [-0.05, 0) is 46.9 Å². The molecule has 2 amide bonds. The first-order chi connectivity index (χ1) is 17.2. The Labute approximate surface area is 212 Å². The molecule has 1 atom stereocenters. The highest BCUT2D eigenvalue weighted by molar-refractivity contribution is 6.04. The van der Waals surface area contributed by atoms with Crippen molar-refractivity contribution in [3.05, 3.63) is 107 Å². The summed E-state index contributed by atoms with van der Waals surface area (Å²) in [6.07, 6.45) is 0. The Balaban J connectivity index is 0.000000840. The molecule has 188 valence electrons. The number of carbonyl (C=O) groups is 2. The maximum Gasteiger partial charge on any atom is 0.259 e. The van der Waals surface area contributed by atoms with Crippen molar-refractivity contribution in [1.29, 1.82) is 0 Å². The maximum absolute atomic E-state index is 13.1. The first kappa shape index (κ1) is 26.6. The molecule has 0 spiro atoms. The lowest BCUT2D eigenvalue weighted by atomic mass is 10.1. The van der Waals surface area contributed by atoms with Crippen molar-refractivity contribution in [3.63, 3.8) is 0 Å². The standard InChI is InChI=1S/C25H23FN4O2.C4H10/c1-29(15-17-10-12-21(26)13-11-17)23(31)20-9-5-6-18(14-20)16-30-24(32)22(28-25(30)27)19-7-3-2-4-8-19;1-4(2)3/h2-14,22H,15-16H2,1H3,(H2,27,28);4H,1-3H3.